The second kappa shape index (κ2) is 11.2. The van der Waals surface area contributed by atoms with Gasteiger partial charge in [0.2, 0.25) is 5.91 Å². The standard InChI is InChI=1S/C24H34N4O2/c1-24(2,20-9-7-6-8-10-20)18-27-23(26-17-22(29)28(3)4)25-16-15-19-11-13-21(30-5)14-12-19/h6-14H,15-18H2,1-5H3,(H2,25,26,27). The average molecular weight is 411 g/mol. The Bertz CT molecular complexity index is 815. The van der Waals surface area contributed by atoms with E-state index in [9.17, 15) is 4.79 Å². The molecule has 2 rings (SSSR count). The maximum absolute atomic E-state index is 12.0. The number of benzene rings is 2. The van der Waals surface area contributed by atoms with E-state index in [1.807, 2.05) is 18.2 Å². The molecule has 0 atom stereocenters. The van der Waals surface area contributed by atoms with Gasteiger partial charge in [-0.25, -0.2) is 4.99 Å². The van der Waals surface area contributed by atoms with Crippen molar-refractivity contribution in [1.82, 2.24) is 15.5 Å². The molecule has 0 aliphatic heterocycles. The van der Waals surface area contributed by atoms with E-state index in [-0.39, 0.29) is 17.9 Å². The van der Waals surface area contributed by atoms with Crippen molar-refractivity contribution in [3.63, 3.8) is 0 Å². The van der Waals surface area contributed by atoms with Gasteiger partial charge in [0, 0.05) is 32.6 Å². The van der Waals surface area contributed by atoms with Crippen LogP contribution < -0.4 is 15.4 Å². The van der Waals surface area contributed by atoms with E-state index < -0.39 is 0 Å². The largest absolute Gasteiger partial charge is 0.497 e. The Morgan fingerprint density at radius 2 is 1.70 bits per heavy atom. The van der Waals surface area contributed by atoms with Crippen LogP contribution in [0.1, 0.15) is 25.0 Å². The molecule has 0 saturated heterocycles. The fourth-order valence-corrected chi connectivity index (χ4v) is 2.88. The molecule has 0 aromatic heterocycles. The van der Waals surface area contributed by atoms with Gasteiger partial charge < -0.3 is 20.3 Å². The number of rotatable bonds is 9. The SMILES string of the molecule is COc1ccc(CCNC(=NCC(=O)N(C)C)NCC(C)(C)c2ccccc2)cc1. The molecular formula is C24H34N4O2. The maximum atomic E-state index is 12.0. The number of carbonyl (C=O) groups excluding carboxylic acids is 1. The van der Waals surface area contributed by atoms with Gasteiger partial charge in [-0.3, -0.25) is 4.79 Å². The molecule has 1 amide bonds. The lowest BCUT2D eigenvalue weighted by Crippen LogP contribution is -2.44. The molecule has 0 aliphatic rings. The molecule has 2 aromatic carbocycles. The van der Waals surface area contributed by atoms with Gasteiger partial charge in [-0.15, -0.1) is 0 Å². The minimum absolute atomic E-state index is 0.0337. The molecule has 2 N–H and O–H groups in total. The van der Waals surface area contributed by atoms with Crippen molar-refractivity contribution in [3.8, 4) is 5.75 Å². The van der Waals surface area contributed by atoms with Crippen LogP contribution in [-0.2, 0) is 16.6 Å². The number of aliphatic imine (C=N–C) groups is 1. The van der Waals surface area contributed by atoms with Crippen LogP contribution in [0.25, 0.3) is 0 Å². The summed E-state index contributed by atoms with van der Waals surface area (Å²) in [5.74, 6) is 1.46. The second-order valence-electron chi connectivity index (χ2n) is 8.08. The van der Waals surface area contributed by atoms with Crippen LogP contribution in [0, 0.1) is 0 Å². The van der Waals surface area contributed by atoms with Crippen molar-refractivity contribution in [2.24, 2.45) is 4.99 Å². The quantitative estimate of drug-likeness (QED) is 0.493. The third-order valence-corrected chi connectivity index (χ3v) is 4.99. The highest BCUT2D eigenvalue weighted by Crippen LogP contribution is 2.21. The lowest BCUT2D eigenvalue weighted by Gasteiger charge is -2.27. The summed E-state index contributed by atoms with van der Waals surface area (Å²) in [6.45, 7) is 5.89. The van der Waals surface area contributed by atoms with E-state index in [1.54, 1.807) is 26.1 Å². The Balaban J connectivity index is 1.98. The van der Waals surface area contributed by atoms with Gasteiger partial charge in [-0.1, -0.05) is 56.3 Å². The first-order chi connectivity index (χ1) is 14.3. The predicted molar refractivity (Wildman–Crippen MR) is 123 cm³/mol. The summed E-state index contributed by atoms with van der Waals surface area (Å²) in [5.41, 5.74) is 2.38. The van der Waals surface area contributed by atoms with Gasteiger partial charge in [0.1, 0.15) is 12.3 Å². The smallest absolute Gasteiger partial charge is 0.243 e. The number of hydrogen-bond acceptors (Lipinski definition) is 3. The maximum Gasteiger partial charge on any atom is 0.243 e. The van der Waals surface area contributed by atoms with Crippen LogP contribution >= 0.6 is 0 Å². The average Bonchev–Trinajstić information content (AvgIpc) is 2.76. The molecule has 0 heterocycles. The number of amides is 1. The third kappa shape index (κ3) is 7.43. The van der Waals surface area contributed by atoms with Crippen molar-refractivity contribution in [2.75, 3.05) is 40.8 Å². The molecule has 0 spiro atoms. The van der Waals surface area contributed by atoms with E-state index in [0.717, 1.165) is 12.2 Å². The van der Waals surface area contributed by atoms with Crippen molar-refractivity contribution >= 4 is 11.9 Å². The monoisotopic (exact) mass is 410 g/mol. The van der Waals surface area contributed by atoms with Crippen LogP contribution in [-0.4, -0.2) is 57.6 Å². The highest BCUT2D eigenvalue weighted by atomic mass is 16.5. The van der Waals surface area contributed by atoms with Gasteiger partial charge in [0.25, 0.3) is 0 Å². The molecular weight excluding hydrogens is 376 g/mol. The summed E-state index contributed by atoms with van der Waals surface area (Å²) in [4.78, 5) is 18.0. The number of nitrogens with zero attached hydrogens (tertiary/aromatic N) is 2. The zero-order valence-electron chi connectivity index (χ0n) is 18.7. The Hall–Kier alpha value is -3.02. The Kier molecular flexibility index (Phi) is 8.71. The topological polar surface area (TPSA) is 66.0 Å². The third-order valence-electron chi connectivity index (χ3n) is 4.99. The molecule has 0 radical (unpaired) electrons. The van der Waals surface area contributed by atoms with E-state index >= 15 is 0 Å². The number of nitrogens with one attached hydrogen (secondary N) is 2. The molecule has 2 aromatic rings. The Morgan fingerprint density at radius 1 is 1.03 bits per heavy atom. The summed E-state index contributed by atoms with van der Waals surface area (Å²) in [5, 5.41) is 6.76. The fraction of sp³-hybridized carbons (Fsp3) is 0.417. The van der Waals surface area contributed by atoms with Gasteiger partial charge in [0.05, 0.1) is 7.11 Å². The van der Waals surface area contributed by atoms with E-state index in [1.165, 1.54) is 11.1 Å². The van der Waals surface area contributed by atoms with Crippen molar-refractivity contribution in [2.45, 2.75) is 25.7 Å². The first kappa shape index (κ1) is 23.3. The minimum Gasteiger partial charge on any atom is -0.497 e. The molecule has 6 heteroatoms. The summed E-state index contributed by atoms with van der Waals surface area (Å²) < 4.78 is 5.21. The lowest BCUT2D eigenvalue weighted by atomic mass is 9.85. The number of hydrogen-bond donors (Lipinski definition) is 2. The van der Waals surface area contributed by atoms with E-state index in [0.29, 0.717) is 19.0 Å². The fourth-order valence-electron chi connectivity index (χ4n) is 2.88. The van der Waals surface area contributed by atoms with Gasteiger partial charge in [-0.2, -0.15) is 0 Å². The zero-order chi connectivity index (χ0) is 22.0. The molecule has 162 valence electrons. The van der Waals surface area contributed by atoms with Crippen LogP contribution in [0.15, 0.2) is 59.6 Å². The number of methoxy groups -OCH3 is 1. The minimum atomic E-state index is -0.0781. The number of ether oxygens (including phenoxy) is 1. The lowest BCUT2D eigenvalue weighted by molar-refractivity contribution is -0.127. The van der Waals surface area contributed by atoms with E-state index in [2.05, 4.69) is 65.9 Å². The Morgan fingerprint density at radius 3 is 2.30 bits per heavy atom. The summed E-state index contributed by atoms with van der Waals surface area (Å²) in [6.07, 6.45) is 0.842. The van der Waals surface area contributed by atoms with Crippen molar-refractivity contribution in [3.05, 3.63) is 65.7 Å². The normalized spacial score (nSPS) is 11.7. The molecule has 0 bridgehead atoms. The highest BCUT2D eigenvalue weighted by molar-refractivity contribution is 5.84. The summed E-state index contributed by atoms with van der Waals surface area (Å²) in [6, 6.07) is 18.4. The predicted octanol–water partition coefficient (Wildman–Crippen LogP) is 2.84. The van der Waals surface area contributed by atoms with Crippen LogP contribution in [0.5, 0.6) is 5.75 Å². The summed E-state index contributed by atoms with van der Waals surface area (Å²) in [7, 11) is 5.14. The van der Waals surface area contributed by atoms with Gasteiger partial charge >= 0.3 is 0 Å². The Labute approximate surface area is 180 Å². The van der Waals surface area contributed by atoms with E-state index in [4.69, 9.17) is 4.74 Å². The molecule has 0 aliphatic carbocycles. The van der Waals surface area contributed by atoms with Crippen LogP contribution in [0.4, 0.5) is 0 Å². The van der Waals surface area contributed by atoms with Crippen molar-refractivity contribution < 1.29 is 9.53 Å². The zero-order valence-corrected chi connectivity index (χ0v) is 18.7. The number of likely N-dealkylation sites (N-methyl/N-ethyl adjacent to an activating group) is 1. The molecule has 6 nitrogen and oxygen atoms in total. The second-order valence-corrected chi connectivity index (χ2v) is 8.08. The molecule has 0 unspecified atom stereocenters. The molecule has 30 heavy (non-hydrogen) atoms. The first-order valence-electron chi connectivity index (χ1n) is 10.2. The van der Waals surface area contributed by atoms with Gasteiger partial charge in [0.15, 0.2) is 5.96 Å². The summed E-state index contributed by atoms with van der Waals surface area (Å²) >= 11 is 0. The molecule has 0 saturated carbocycles. The number of carbonyl (C=O) groups is 1. The van der Waals surface area contributed by atoms with Gasteiger partial charge in [-0.05, 0) is 29.7 Å². The van der Waals surface area contributed by atoms with Crippen molar-refractivity contribution in [1.29, 1.82) is 0 Å². The van der Waals surface area contributed by atoms with Crippen LogP contribution in [0.2, 0.25) is 0 Å². The highest BCUT2D eigenvalue weighted by Gasteiger charge is 2.20. The number of guanidine groups is 1. The molecule has 0 fully saturated rings. The van der Waals surface area contributed by atoms with Crippen LogP contribution in [0.3, 0.4) is 0 Å². The first-order valence-corrected chi connectivity index (χ1v) is 10.2.